The van der Waals surface area contributed by atoms with Gasteiger partial charge in [0, 0.05) is 6.04 Å². The van der Waals surface area contributed by atoms with E-state index in [4.69, 9.17) is 4.74 Å². The summed E-state index contributed by atoms with van der Waals surface area (Å²) in [5.41, 5.74) is -0.566. The summed E-state index contributed by atoms with van der Waals surface area (Å²) in [6.07, 6.45) is 5.40. The summed E-state index contributed by atoms with van der Waals surface area (Å²) in [5.74, 6) is -0.157. The van der Waals surface area contributed by atoms with Crippen LogP contribution in [0.25, 0.3) is 0 Å². The molecule has 1 atom stereocenters. The number of nitrogens with one attached hydrogen (secondary N) is 1. The number of nitrogens with zero attached hydrogens (tertiary/aromatic N) is 1. The van der Waals surface area contributed by atoms with E-state index in [0.29, 0.717) is 0 Å². The molecule has 0 saturated heterocycles. The van der Waals surface area contributed by atoms with Crippen molar-refractivity contribution in [3.63, 3.8) is 0 Å². The van der Waals surface area contributed by atoms with Crippen LogP contribution >= 0.6 is 0 Å². The highest BCUT2D eigenvalue weighted by Gasteiger charge is 2.33. The van der Waals surface area contributed by atoms with Crippen molar-refractivity contribution in [1.29, 1.82) is 0 Å². The first-order chi connectivity index (χ1) is 9.89. The lowest BCUT2D eigenvalue weighted by Crippen LogP contribution is -2.53. The molecular weight excluding hydrogens is 264 g/mol. The van der Waals surface area contributed by atoms with E-state index in [0.717, 1.165) is 25.8 Å². The van der Waals surface area contributed by atoms with Gasteiger partial charge in [-0.25, -0.2) is 0 Å². The number of ether oxygens (including phenoxy) is 1. The van der Waals surface area contributed by atoms with Crippen LogP contribution in [0.5, 0.6) is 0 Å². The molecule has 1 N–H and O–H groups in total. The Bertz CT molecular complexity index is 276. The van der Waals surface area contributed by atoms with Crippen LogP contribution < -0.4 is 5.32 Å². The SMILES string of the molecule is CCCN(CCC)CCCCC(C)(NC(C)C)C(=O)OC. The van der Waals surface area contributed by atoms with E-state index < -0.39 is 5.54 Å². The van der Waals surface area contributed by atoms with Crippen LogP contribution in [0.4, 0.5) is 0 Å². The molecule has 0 aromatic heterocycles. The standard InChI is InChI=1S/C17H36N2O2/c1-7-12-19(13-8-2)14-10-9-11-17(5,16(20)21-6)18-15(3)4/h15,18H,7-14H2,1-6H3. The maximum atomic E-state index is 12.0. The monoisotopic (exact) mass is 300 g/mol. The Morgan fingerprint density at radius 3 is 2.14 bits per heavy atom. The second kappa shape index (κ2) is 11.0. The van der Waals surface area contributed by atoms with Gasteiger partial charge in [-0.05, 0) is 72.5 Å². The summed E-state index contributed by atoms with van der Waals surface area (Å²) >= 11 is 0. The van der Waals surface area contributed by atoms with E-state index in [1.54, 1.807) is 0 Å². The van der Waals surface area contributed by atoms with Gasteiger partial charge in [-0.1, -0.05) is 13.8 Å². The van der Waals surface area contributed by atoms with Crippen molar-refractivity contribution < 1.29 is 9.53 Å². The van der Waals surface area contributed by atoms with E-state index in [9.17, 15) is 4.79 Å². The first-order valence-corrected chi connectivity index (χ1v) is 8.48. The smallest absolute Gasteiger partial charge is 0.325 e. The van der Waals surface area contributed by atoms with Crippen LogP contribution in [-0.4, -0.2) is 49.2 Å². The van der Waals surface area contributed by atoms with Gasteiger partial charge in [0.15, 0.2) is 0 Å². The minimum absolute atomic E-state index is 0.157. The quantitative estimate of drug-likeness (QED) is 0.444. The third-order valence-electron chi connectivity index (χ3n) is 3.72. The van der Waals surface area contributed by atoms with Crippen molar-refractivity contribution in [2.75, 3.05) is 26.7 Å². The Morgan fingerprint density at radius 2 is 1.71 bits per heavy atom. The lowest BCUT2D eigenvalue weighted by atomic mass is 9.93. The molecule has 0 bridgehead atoms. The molecule has 0 heterocycles. The fourth-order valence-corrected chi connectivity index (χ4v) is 2.88. The molecule has 0 aromatic rings. The van der Waals surface area contributed by atoms with Crippen molar-refractivity contribution in [3.05, 3.63) is 0 Å². The highest BCUT2D eigenvalue weighted by molar-refractivity contribution is 5.80. The largest absolute Gasteiger partial charge is 0.468 e. The molecule has 126 valence electrons. The summed E-state index contributed by atoms with van der Waals surface area (Å²) in [7, 11) is 1.47. The van der Waals surface area contributed by atoms with Crippen LogP contribution in [0.1, 0.15) is 66.7 Å². The van der Waals surface area contributed by atoms with Gasteiger partial charge in [0.2, 0.25) is 0 Å². The third-order valence-corrected chi connectivity index (χ3v) is 3.72. The summed E-state index contributed by atoms with van der Waals surface area (Å²) in [5, 5.41) is 3.36. The fraction of sp³-hybridized carbons (Fsp3) is 0.941. The summed E-state index contributed by atoms with van der Waals surface area (Å²) in [6.45, 7) is 14.0. The van der Waals surface area contributed by atoms with Gasteiger partial charge < -0.3 is 9.64 Å². The third kappa shape index (κ3) is 8.42. The minimum atomic E-state index is -0.566. The zero-order valence-electron chi connectivity index (χ0n) is 15.0. The normalized spacial score (nSPS) is 14.5. The first kappa shape index (κ1) is 20.4. The number of hydrogen-bond acceptors (Lipinski definition) is 4. The second-order valence-corrected chi connectivity index (χ2v) is 6.42. The second-order valence-electron chi connectivity index (χ2n) is 6.42. The molecule has 21 heavy (non-hydrogen) atoms. The molecule has 0 aliphatic carbocycles. The van der Waals surface area contributed by atoms with Gasteiger partial charge in [0.25, 0.3) is 0 Å². The number of unbranched alkanes of at least 4 members (excludes halogenated alkanes) is 1. The number of methoxy groups -OCH3 is 1. The summed E-state index contributed by atoms with van der Waals surface area (Å²) in [6, 6.07) is 0.269. The highest BCUT2D eigenvalue weighted by Crippen LogP contribution is 2.17. The predicted octanol–water partition coefficient (Wildman–Crippen LogP) is 3.21. The Kier molecular flexibility index (Phi) is 10.7. The average Bonchev–Trinajstić information content (AvgIpc) is 2.42. The van der Waals surface area contributed by atoms with Crippen molar-refractivity contribution in [3.8, 4) is 0 Å². The molecule has 4 nitrogen and oxygen atoms in total. The lowest BCUT2D eigenvalue weighted by Gasteiger charge is -2.30. The van der Waals surface area contributed by atoms with E-state index in [1.807, 2.05) is 6.92 Å². The van der Waals surface area contributed by atoms with Gasteiger partial charge in [-0.2, -0.15) is 0 Å². The molecule has 0 spiro atoms. The molecule has 0 rings (SSSR count). The highest BCUT2D eigenvalue weighted by atomic mass is 16.5. The van der Waals surface area contributed by atoms with E-state index in [2.05, 4.69) is 37.9 Å². The fourth-order valence-electron chi connectivity index (χ4n) is 2.88. The van der Waals surface area contributed by atoms with E-state index >= 15 is 0 Å². The van der Waals surface area contributed by atoms with Gasteiger partial charge >= 0.3 is 5.97 Å². The number of esters is 1. The van der Waals surface area contributed by atoms with Crippen LogP contribution in [0, 0.1) is 0 Å². The minimum Gasteiger partial charge on any atom is -0.468 e. The predicted molar refractivity (Wildman–Crippen MR) is 89.6 cm³/mol. The van der Waals surface area contributed by atoms with Crippen LogP contribution in [0.2, 0.25) is 0 Å². The molecule has 0 fully saturated rings. The zero-order chi connectivity index (χ0) is 16.3. The maximum absolute atomic E-state index is 12.0. The Morgan fingerprint density at radius 1 is 1.14 bits per heavy atom. The van der Waals surface area contributed by atoms with Crippen LogP contribution in [0.3, 0.4) is 0 Å². The van der Waals surface area contributed by atoms with E-state index in [1.165, 1.54) is 33.0 Å². The molecule has 0 radical (unpaired) electrons. The molecular formula is C17H36N2O2. The molecule has 0 saturated carbocycles. The Hall–Kier alpha value is -0.610. The first-order valence-electron chi connectivity index (χ1n) is 8.48. The maximum Gasteiger partial charge on any atom is 0.325 e. The number of rotatable bonds is 12. The van der Waals surface area contributed by atoms with Gasteiger partial charge in [0.1, 0.15) is 5.54 Å². The topological polar surface area (TPSA) is 41.6 Å². The van der Waals surface area contributed by atoms with Gasteiger partial charge in [-0.3, -0.25) is 10.1 Å². The van der Waals surface area contributed by atoms with E-state index in [-0.39, 0.29) is 12.0 Å². The van der Waals surface area contributed by atoms with Crippen molar-refractivity contribution >= 4 is 5.97 Å². The molecule has 4 heteroatoms. The molecule has 0 aliphatic rings. The lowest BCUT2D eigenvalue weighted by molar-refractivity contribution is -0.148. The zero-order valence-corrected chi connectivity index (χ0v) is 15.0. The molecule has 0 amide bonds. The number of hydrogen-bond donors (Lipinski definition) is 1. The number of carbonyl (C=O) groups excluding carboxylic acids is 1. The molecule has 0 aliphatic heterocycles. The van der Waals surface area contributed by atoms with Crippen molar-refractivity contribution in [2.45, 2.75) is 78.3 Å². The van der Waals surface area contributed by atoms with Crippen molar-refractivity contribution in [2.24, 2.45) is 0 Å². The van der Waals surface area contributed by atoms with Crippen LogP contribution in [-0.2, 0) is 9.53 Å². The molecule has 0 aromatic carbocycles. The van der Waals surface area contributed by atoms with Gasteiger partial charge in [-0.15, -0.1) is 0 Å². The van der Waals surface area contributed by atoms with Crippen molar-refractivity contribution in [1.82, 2.24) is 10.2 Å². The summed E-state index contributed by atoms with van der Waals surface area (Å²) < 4.78 is 4.96. The average molecular weight is 300 g/mol. The molecule has 1 unspecified atom stereocenters. The Labute approximate surface area is 131 Å². The number of carbonyl (C=O) groups is 1. The van der Waals surface area contributed by atoms with Crippen LogP contribution in [0.15, 0.2) is 0 Å². The van der Waals surface area contributed by atoms with Gasteiger partial charge in [0.05, 0.1) is 7.11 Å². The Balaban J connectivity index is 4.27. The summed E-state index contributed by atoms with van der Waals surface area (Å²) in [4.78, 5) is 14.5.